The molecule has 0 spiro atoms. The van der Waals surface area contributed by atoms with E-state index in [4.69, 9.17) is 22.3 Å². The normalized spacial score (nSPS) is 15.7. The van der Waals surface area contributed by atoms with E-state index < -0.39 is 0 Å². The maximum Gasteiger partial charge on any atom is 0.270 e. The first kappa shape index (κ1) is 19.9. The minimum absolute atomic E-state index is 0.227. The van der Waals surface area contributed by atoms with Crippen LogP contribution >= 0.6 is 12.2 Å². The Morgan fingerprint density at radius 3 is 2.58 bits per heavy atom. The van der Waals surface area contributed by atoms with Crippen LogP contribution in [-0.2, 0) is 7.05 Å². The molecular formula is C23H26N6OS. The van der Waals surface area contributed by atoms with Gasteiger partial charge in [0.05, 0.1) is 16.6 Å². The molecule has 0 radical (unpaired) electrons. The molecule has 2 aliphatic carbocycles. The molecule has 0 bridgehead atoms. The van der Waals surface area contributed by atoms with Gasteiger partial charge in [-0.05, 0) is 75.0 Å². The van der Waals surface area contributed by atoms with Gasteiger partial charge in [0.25, 0.3) is 5.91 Å². The van der Waals surface area contributed by atoms with E-state index in [0.717, 1.165) is 59.4 Å². The van der Waals surface area contributed by atoms with E-state index in [0.29, 0.717) is 22.5 Å². The summed E-state index contributed by atoms with van der Waals surface area (Å²) in [7, 11) is 1.90. The number of anilines is 1. The number of carbonyl (C=O) groups is 1. The highest BCUT2D eigenvalue weighted by molar-refractivity contribution is 7.80. The van der Waals surface area contributed by atoms with Crippen molar-refractivity contribution < 1.29 is 4.79 Å². The predicted molar refractivity (Wildman–Crippen MR) is 125 cm³/mol. The zero-order valence-corrected chi connectivity index (χ0v) is 18.8. The highest BCUT2D eigenvalue weighted by atomic mass is 32.1. The van der Waals surface area contributed by atoms with E-state index in [9.17, 15) is 4.79 Å². The number of amides is 1. The lowest BCUT2D eigenvalue weighted by molar-refractivity contribution is 0.0945. The van der Waals surface area contributed by atoms with Crippen LogP contribution in [0.5, 0.6) is 0 Å². The summed E-state index contributed by atoms with van der Waals surface area (Å²) >= 11 is 5.40. The number of benzene rings is 1. The van der Waals surface area contributed by atoms with E-state index in [1.54, 1.807) is 0 Å². The van der Waals surface area contributed by atoms with Gasteiger partial charge in [0.2, 0.25) is 0 Å². The van der Waals surface area contributed by atoms with E-state index in [1.165, 1.54) is 5.56 Å². The SMILES string of the molecule is Cc1cccc(NC(=S)NNC(=O)c2cc(C3CC3)nc3c2c(C2CC2)nn3C)c1C. The number of thiocarbonyl (C=S) groups is 1. The molecule has 2 heterocycles. The molecule has 31 heavy (non-hydrogen) atoms. The van der Waals surface area contributed by atoms with Gasteiger partial charge < -0.3 is 5.32 Å². The lowest BCUT2D eigenvalue weighted by Gasteiger charge is -2.15. The number of hydrogen-bond acceptors (Lipinski definition) is 4. The summed E-state index contributed by atoms with van der Waals surface area (Å²) in [5.41, 5.74) is 12.2. The summed E-state index contributed by atoms with van der Waals surface area (Å²) < 4.78 is 1.81. The summed E-state index contributed by atoms with van der Waals surface area (Å²) in [5.74, 6) is 0.633. The van der Waals surface area contributed by atoms with Crippen molar-refractivity contribution in [1.29, 1.82) is 0 Å². The molecule has 1 amide bonds. The van der Waals surface area contributed by atoms with E-state index in [2.05, 4.69) is 29.2 Å². The van der Waals surface area contributed by atoms with Gasteiger partial charge in [-0.3, -0.25) is 20.3 Å². The second-order valence-corrected chi connectivity index (χ2v) is 9.04. The van der Waals surface area contributed by atoms with Gasteiger partial charge in [0.15, 0.2) is 10.8 Å². The Morgan fingerprint density at radius 1 is 1.13 bits per heavy atom. The molecule has 2 fully saturated rings. The Morgan fingerprint density at radius 2 is 1.87 bits per heavy atom. The van der Waals surface area contributed by atoms with Crippen molar-refractivity contribution in [2.75, 3.05) is 5.32 Å². The molecular weight excluding hydrogens is 408 g/mol. The Bertz CT molecular complexity index is 1210. The molecule has 0 aliphatic heterocycles. The predicted octanol–water partition coefficient (Wildman–Crippen LogP) is 3.97. The van der Waals surface area contributed by atoms with Gasteiger partial charge in [-0.25, -0.2) is 4.98 Å². The van der Waals surface area contributed by atoms with Gasteiger partial charge in [0.1, 0.15) is 0 Å². The van der Waals surface area contributed by atoms with Crippen LogP contribution in [0.2, 0.25) is 0 Å². The number of pyridine rings is 1. The molecule has 7 nitrogen and oxygen atoms in total. The second-order valence-electron chi connectivity index (χ2n) is 8.63. The summed E-state index contributed by atoms with van der Waals surface area (Å²) in [6.45, 7) is 4.09. The standard InChI is InChI=1S/C23H26N6OS/c1-12-5-4-6-17(13(12)2)25-23(31)27-26-22(30)16-11-18(14-7-8-14)24-21-19(16)20(15-9-10-15)28-29(21)3/h4-6,11,14-15H,7-10H2,1-3H3,(H,26,30)(H2,25,27,31). The number of aryl methyl sites for hydroxylation is 2. The highest BCUT2D eigenvalue weighted by Gasteiger charge is 2.33. The van der Waals surface area contributed by atoms with Crippen molar-refractivity contribution in [3.05, 3.63) is 52.3 Å². The number of hydrogen-bond donors (Lipinski definition) is 3. The first-order valence-corrected chi connectivity index (χ1v) is 11.1. The minimum atomic E-state index is -0.227. The van der Waals surface area contributed by atoms with Crippen LogP contribution in [0.1, 0.15) is 70.4 Å². The number of carbonyl (C=O) groups excluding carboxylic acids is 1. The van der Waals surface area contributed by atoms with Crippen molar-refractivity contribution in [3.8, 4) is 0 Å². The molecule has 0 atom stereocenters. The van der Waals surface area contributed by atoms with Gasteiger partial charge in [-0.15, -0.1) is 0 Å². The quantitative estimate of drug-likeness (QED) is 0.426. The molecule has 0 unspecified atom stereocenters. The molecule has 1 aromatic carbocycles. The monoisotopic (exact) mass is 434 g/mol. The van der Waals surface area contributed by atoms with E-state index >= 15 is 0 Å². The highest BCUT2D eigenvalue weighted by Crippen LogP contribution is 2.45. The fraction of sp³-hybridized carbons (Fsp3) is 0.391. The lowest BCUT2D eigenvalue weighted by Crippen LogP contribution is -2.44. The van der Waals surface area contributed by atoms with Crippen LogP contribution in [0.3, 0.4) is 0 Å². The molecule has 3 aromatic rings. The van der Waals surface area contributed by atoms with Crippen molar-refractivity contribution >= 4 is 40.0 Å². The Kier molecular flexibility index (Phi) is 4.89. The van der Waals surface area contributed by atoms with Crippen LogP contribution in [0, 0.1) is 13.8 Å². The van der Waals surface area contributed by atoms with E-state index in [-0.39, 0.29) is 5.91 Å². The Labute approximate surface area is 186 Å². The molecule has 8 heteroatoms. The molecule has 3 N–H and O–H groups in total. The Hall–Kier alpha value is -3.00. The first-order chi connectivity index (χ1) is 14.9. The summed E-state index contributed by atoms with van der Waals surface area (Å²) in [4.78, 5) is 18.1. The third-order valence-corrected chi connectivity index (χ3v) is 6.39. The van der Waals surface area contributed by atoms with Gasteiger partial charge in [-0.2, -0.15) is 5.10 Å². The fourth-order valence-electron chi connectivity index (χ4n) is 3.93. The maximum absolute atomic E-state index is 13.2. The van der Waals surface area contributed by atoms with Crippen LogP contribution in [0.25, 0.3) is 11.0 Å². The molecule has 5 rings (SSSR count). The number of hydrazine groups is 1. The fourth-order valence-corrected chi connectivity index (χ4v) is 4.09. The van der Waals surface area contributed by atoms with Crippen molar-refractivity contribution in [1.82, 2.24) is 25.6 Å². The van der Waals surface area contributed by atoms with Crippen molar-refractivity contribution in [2.24, 2.45) is 7.05 Å². The van der Waals surface area contributed by atoms with Crippen LogP contribution in [-0.4, -0.2) is 25.8 Å². The van der Waals surface area contributed by atoms with Gasteiger partial charge >= 0.3 is 0 Å². The molecule has 2 saturated carbocycles. The maximum atomic E-state index is 13.2. The summed E-state index contributed by atoms with van der Waals surface area (Å²) in [5, 5.41) is 9.05. The summed E-state index contributed by atoms with van der Waals surface area (Å²) in [6.07, 6.45) is 4.46. The summed E-state index contributed by atoms with van der Waals surface area (Å²) in [6, 6.07) is 7.92. The number of fused-ring (bicyclic) bond motifs is 1. The number of nitrogens with zero attached hydrogens (tertiary/aromatic N) is 3. The van der Waals surface area contributed by atoms with Crippen LogP contribution in [0.4, 0.5) is 5.69 Å². The number of nitrogens with one attached hydrogen (secondary N) is 3. The van der Waals surface area contributed by atoms with Crippen molar-refractivity contribution in [2.45, 2.75) is 51.4 Å². The minimum Gasteiger partial charge on any atom is -0.331 e. The zero-order chi connectivity index (χ0) is 21.7. The van der Waals surface area contributed by atoms with E-state index in [1.807, 2.05) is 36.9 Å². The largest absolute Gasteiger partial charge is 0.331 e. The third-order valence-electron chi connectivity index (χ3n) is 6.19. The molecule has 2 aliphatic rings. The average Bonchev–Trinajstić information content (AvgIpc) is 3.67. The molecule has 2 aromatic heterocycles. The van der Waals surface area contributed by atoms with Gasteiger partial charge in [-0.1, -0.05) is 12.1 Å². The van der Waals surface area contributed by atoms with Crippen LogP contribution in [0.15, 0.2) is 24.3 Å². The zero-order valence-electron chi connectivity index (χ0n) is 18.0. The third kappa shape index (κ3) is 3.87. The Balaban J connectivity index is 1.39. The van der Waals surface area contributed by atoms with Crippen LogP contribution < -0.4 is 16.2 Å². The van der Waals surface area contributed by atoms with Gasteiger partial charge in [0, 0.05) is 30.3 Å². The topological polar surface area (TPSA) is 83.9 Å². The van der Waals surface area contributed by atoms with Crippen molar-refractivity contribution in [3.63, 3.8) is 0 Å². The smallest absolute Gasteiger partial charge is 0.270 e. The molecule has 0 saturated heterocycles. The number of rotatable bonds is 4. The molecule has 160 valence electrons. The lowest BCUT2D eigenvalue weighted by atomic mass is 10.1. The first-order valence-electron chi connectivity index (χ1n) is 10.7. The number of aromatic nitrogens is 3. The average molecular weight is 435 g/mol. The second kappa shape index (κ2) is 7.60.